The molecule has 3 rings (SSSR count). The smallest absolute Gasteiger partial charge is 0.278 e. The minimum absolute atomic E-state index is 0.0982. The maximum absolute atomic E-state index is 12.6. The number of amides is 1. The Morgan fingerprint density at radius 2 is 1.90 bits per heavy atom. The molecule has 0 saturated heterocycles. The largest absolute Gasteiger partial charge is 0.366 e. The SMILES string of the molecule is CC(C)N1CCN(C(=O)c2cnccn2)c2ccccc21. The molecule has 1 aromatic heterocycles. The second kappa shape index (κ2) is 5.52. The Morgan fingerprint density at radius 1 is 1.14 bits per heavy atom. The minimum Gasteiger partial charge on any atom is -0.366 e. The number of carbonyl (C=O) groups excluding carboxylic acids is 1. The summed E-state index contributed by atoms with van der Waals surface area (Å²) in [5.41, 5.74) is 2.41. The highest BCUT2D eigenvalue weighted by atomic mass is 16.2. The van der Waals surface area contributed by atoms with Crippen molar-refractivity contribution in [2.75, 3.05) is 22.9 Å². The third kappa shape index (κ3) is 2.46. The van der Waals surface area contributed by atoms with E-state index >= 15 is 0 Å². The van der Waals surface area contributed by atoms with E-state index in [2.05, 4.69) is 34.8 Å². The van der Waals surface area contributed by atoms with Gasteiger partial charge in [-0.3, -0.25) is 9.78 Å². The minimum atomic E-state index is -0.0982. The van der Waals surface area contributed by atoms with Gasteiger partial charge in [-0.05, 0) is 26.0 Å². The maximum Gasteiger partial charge on any atom is 0.278 e. The fourth-order valence-corrected chi connectivity index (χ4v) is 2.68. The number of para-hydroxylation sites is 2. The number of hydrogen-bond donors (Lipinski definition) is 0. The summed E-state index contributed by atoms with van der Waals surface area (Å²) in [6.45, 7) is 5.80. The van der Waals surface area contributed by atoms with Crippen molar-refractivity contribution in [1.82, 2.24) is 9.97 Å². The van der Waals surface area contributed by atoms with Gasteiger partial charge >= 0.3 is 0 Å². The molecule has 0 fully saturated rings. The summed E-state index contributed by atoms with van der Waals surface area (Å²) in [6.07, 6.45) is 4.63. The van der Waals surface area contributed by atoms with Crippen LogP contribution in [0.5, 0.6) is 0 Å². The van der Waals surface area contributed by atoms with E-state index in [1.807, 2.05) is 18.2 Å². The molecule has 21 heavy (non-hydrogen) atoms. The molecular formula is C16H18N4O. The molecule has 0 unspecified atom stereocenters. The number of anilines is 2. The number of hydrogen-bond acceptors (Lipinski definition) is 4. The van der Waals surface area contributed by atoms with Crippen LogP contribution in [0.15, 0.2) is 42.9 Å². The van der Waals surface area contributed by atoms with Crippen LogP contribution >= 0.6 is 0 Å². The third-order valence-corrected chi connectivity index (χ3v) is 3.70. The van der Waals surface area contributed by atoms with Gasteiger partial charge < -0.3 is 9.80 Å². The lowest BCUT2D eigenvalue weighted by atomic mass is 10.1. The van der Waals surface area contributed by atoms with Crippen LogP contribution in [0.4, 0.5) is 11.4 Å². The fourth-order valence-electron chi connectivity index (χ4n) is 2.68. The van der Waals surface area contributed by atoms with Crippen molar-refractivity contribution in [3.8, 4) is 0 Å². The summed E-state index contributed by atoms with van der Waals surface area (Å²) in [6, 6.07) is 8.41. The summed E-state index contributed by atoms with van der Waals surface area (Å²) in [4.78, 5) is 24.8. The predicted molar refractivity (Wildman–Crippen MR) is 82.6 cm³/mol. The Bertz CT molecular complexity index is 642. The Hall–Kier alpha value is -2.43. The van der Waals surface area contributed by atoms with Crippen LogP contribution in [-0.2, 0) is 0 Å². The van der Waals surface area contributed by atoms with E-state index in [1.54, 1.807) is 17.3 Å². The number of fused-ring (bicyclic) bond motifs is 1. The third-order valence-electron chi connectivity index (χ3n) is 3.70. The molecule has 1 aliphatic heterocycles. The maximum atomic E-state index is 12.6. The molecule has 108 valence electrons. The predicted octanol–water partition coefficient (Wildman–Crippen LogP) is 2.35. The summed E-state index contributed by atoms with van der Waals surface area (Å²) in [7, 11) is 0. The highest BCUT2D eigenvalue weighted by molar-refractivity contribution is 6.07. The molecule has 2 heterocycles. The highest BCUT2D eigenvalue weighted by Crippen LogP contribution is 2.34. The molecule has 0 N–H and O–H groups in total. The molecule has 0 radical (unpaired) electrons. The van der Waals surface area contributed by atoms with Crippen LogP contribution in [0.2, 0.25) is 0 Å². The number of carbonyl (C=O) groups is 1. The van der Waals surface area contributed by atoms with Crippen molar-refractivity contribution >= 4 is 17.3 Å². The standard InChI is InChI=1S/C16H18N4O/c1-12(2)19-9-10-20(15-6-4-3-5-14(15)19)16(21)13-11-17-7-8-18-13/h3-8,11-12H,9-10H2,1-2H3. The molecular weight excluding hydrogens is 264 g/mol. The van der Waals surface area contributed by atoms with Crippen molar-refractivity contribution in [3.05, 3.63) is 48.5 Å². The molecule has 0 aliphatic carbocycles. The van der Waals surface area contributed by atoms with E-state index < -0.39 is 0 Å². The van der Waals surface area contributed by atoms with E-state index in [-0.39, 0.29) is 5.91 Å². The van der Waals surface area contributed by atoms with E-state index in [0.717, 1.165) is 17.9 Å². The number of aromatic nitrogens is 2. The average Bonchev–Trinajstić information content (AvgIpc) is 2.54. The lowest BCUT2D eigenvalue weighted by Gasteiger charge is -2.39. The normalized spacial score (nSPS) is 14.2. The highest BCUT2D eigenvalue weighted by Gasteiger charge is 2.28. The van der Waals surface area contributed by atoms with Crippen LogP contribution < -0.4 is 9.80 Å². The molecule has 2 aromatic rings. The Labute approximate surface area is 124 Å². The van der Waals surface area contributed by atoms with Gasteiger partial charge in [0.15, 0.2) is 0 Å². The first-order valence-corrected chi connectivity index (χ1v) is 7.12. The van der Waals surface area contributed by atoms with Crippen molar-refractivity contribution in [2.24, 2.45) is 0 Å². The monoisotopic (exact) mass is 282 g/mol. The van der Waals surface area contributed by atoms with Crippen LogP contribution in [0.25, 0.3) is 0 Å². The average molecular weight is 282 g/mol. The van der Waals surface area contributed by atoms with Gasteiger partial charge in [0, 0.05) is 31.5 Å². The molecule has 1 amide bonds. The molecule has 0 saturated carbocycles. The van der Waals surface area contributed by atoms with Gasteiger partial charge in [0.05, 0.1) is 17.6 Å². The van der Waals surface area contributed by atoms with E-state index in [0.29, 0.717) is 18.3 Å². The zero-order chi connectivity index (χ0) is 14.8. The number of nitrogens with zero attached hydrogens (tertiary/aromatic N) is 4. The van der Waals surface area contributed by atoms with Gasteiger partial charge in [-0.25, -0.2) is 4.98 Å². The lowest BCUT2D eigenvalue weighted by molar-refractivity contribution is 0.0981. The van der Waals surface area contributed by atoms with Crippen LogP contribution in [0.3, 0.4) is 0 Å². The van der Waals surface area contributed by atoms with E-state index in [4.69, 9.17) is 0 Å². The second-order valence-corrected chi connectivity index (χ2v) is 5.32. The molecule has 1 aliphatic rings. The Balaban J connectivity index is 1.98. The summed E-state index contributed by atoms with van der Waals surface area (Å²) in [5.74, 6) is -0.0982. The first-order valence-electron chi connectivity index (χ1n) is 7.12. The van der Waals surface area contributed by atoms with E-state index in [1.165, 1.54) is 6.20 Å². The number of rotatable bonds is 2. The Morgan fingerprint density at radius 3 is 2.57 bits per heavy atom. The lowest BCUT2D eigenvalue weighted by Crippen LogP contribution is -2.46. The van der Waals surface area contributed by atoms with E-state index in [9.17, 15) is 4.79 Å². The van der Waals surface area contributed by atoms with Crippen molar-refractivity contribution in [1.29, 1.82) is 0 Å². The quantitative estimate of drug-likeness (QED) is 0.848. The van der Waals surface area contributed by atoms with Gasteiger partial charge in [-0.15, -0.1) is 0 Å². The molecule has 5 heteroatoms. The molecule has 5 nitrogen and oxygen atoms in total. The van der Waals surface area contributed by atoms with Gasteiger partial charge in [0.2, 0.25) is 0 Å². The van der Waals surface area contributed by atoms with Gasteiger partial charge in [-0.2, -0.15) is 0 Å². The summed E-state index contributed by atoms with van der Waals surface area (Å²) >= 11 is 0. The number of benzene rings is 1. The van der Waals surface area contributed by atoms with Gasteiger partial charge in [0.25, 0.3) is 5.91 Å². The summed E-state index contributed by atoms with van der Waals surface area (Å²) in [5, 5.41) is 0. The van der Waals surface area contributed by atoms with Crippen LogP contribution in [-0.4, -0.2) is 35.0 Å². The molecule has 0 spiro atoms. The van der Waals surface area contributed by atoms with Crippen LogP contribution in [0, 0.1) is 0 Å². The van der Waals surface area contributed by atoms with Crippen molar-refractivity contribution in [3.63, 3.8) is 0 Å². The molecule has 1 aromatic carbocycles. The Kier molecular flexibility index (Phi) is 3.56. The molecule has 0 bridgehead atoms. The first kappa shape index (κ1) is 13.5. The van der Waals surface area contributed by atoms with Gasteiger partial charge in [0.1, 0.15) is 5.69 Å². The van der Waals surface area contributed by atoms with Crippen LogP contribution in [0.1, 0.15) is 24.3 Å². The fraction of sp³-hybridized carbons (Fsp3) is 0.312. The van der Waals surface area contributed by atoms with Gasteiger partial charge in [-0.1, -0.05) is 12.1 Å². The molecule has 0 atom stereocenters. The van der Waals surface area contributed by atoms with Crippen molar-refractivity contribution in [2.45, 2.75) is 19.9 Å². The zero-order valence-corrected chi connectivity index (χ0v) is 12.2. The second-order valence-electron chi connectivity index (χ2n) is 5.32. The topological polar surface area (TPSA) is 49.3 Å². The zero-order valence-electron chi connectivity index (χ0n) is 12.2. The van der Waals surface area contributed by atoms with Crippen molar-refractivity contribution < 1.29 is 4.79 Å². The summed E-state index contributed by atoms with van der Waals surface area (Å²) < 4.78 is 0. The first-order chi connectivity index (χ1) is 10.2.